The summed E-state index contributed by atoms with van der Waals surface area (Å²) in [4.78, 5) is 28.3. The van der Waals surface area contributed by atoms with Gasteiger partial charge in [0.05, 0.1) is 11.4 Å². The number of amides is 1. The minimum atomic E-state index is -0.328. The second-order valence-corrected chi connectivity index (χ2v) is 9.39. The highest BCUT2D eigenvalue weighted by Gasteiger charge is 2.31. The topological polar surface area (TPSA) is 75.4 Å². The van der Waals surface area contributed by atoms with Gasteiger partial charge < -0.3 is 10.6 Å². The molecule has 0 saturated carbocycles. The van der Waals surface area contributed by atoms with Crippen LogP contribution in [0.4, 0.5) is 5.82 Å². The minimum absolute atomic E-state index is 0.0799. The molecule has 1 aliphatic rings. The molecule has 1 amide bonds. The zero-order valence-corrected chi connectivity index (χ0v) is 17.4. The van der Waals surface area contributed by atoms with Crippen LogP contribution in [0, 0.1) is 19.3 Å². The zero-order chi connectivity index (χ0) is 19.2. The molecule has 2 aromatic rings. The third kappa shape index (κ3) is 3.42. The highest BCUT2D eigenvalue weighted by Crippen LogP contribution is 2.33. The van der Waals surface area contributed by atoms with Crippen molar-refractivity contribution < 1.29 is 4.79 Å². The minimum Gasteiger partial charge on any atom is -0.383 e. The number of nitrogens with two attached hydrogens (primary N) is 1. The number of piperazine rings is 1. The predicted molar refractivity (Wildman–Crippen MR) is 107 cm³/mol. The highest BCUT2D eigenvalue weighted by atomic mass is 32.1. The van der Waals surface area contributed by atoms with Gasteiger partial charge in [0.2, 0.25) is 5.91 Å². The summed E-state index contributed by atoms with van der Waals surface area (Å²) < 4.78 is 0. The van der Waals surface area contributed by atoms with Crippen LogP contribution in [0.3, 0.4) is 0 Å². The van der Waals surface area contributed by atoms with Crippen LogP contribution in [0.25, 0.3) is 10.2 Å². The molecule has 1 atom stereocenters. The largest absolute Gasteiger partial charge is 0.383 e. The first-order valence-corrected chi connectivity index (χ1v) is 9.97. The van der Waals surface area contributed by atoms with Crippen LogP contribution in [-0.4, -0.2) is 51.9 Å². The maximum Gasteiger partial charge on any atom is 0.228 e. The van der Waals surface area contributed by atoms with Crippen molar-refractivity contribution in [1.82, 2.24) is 19.8 Å². The zero-order valence-electron chi connectivity index (χ0n) is 16.6. The van der Waals surface area contributed by atoms with Gasteiger partial charge in [-0.1, -0.05) is 20.8 Å². The number of thiophene rings is 1. The van der Waals surface area contributed by atoms with Gasteiger partial charge in [-0.15, -0.1) is 11.3 Å². The number of hydrogen-bond acceptors (Lipinski definition) is 6. The lowest BCUT2D eigenvalue weighted by Gasteiger charge is -2.39. The summed E-state index contributed by atoms with van der Waals surface area (Å²) in [6.45, 7) is 15.3. The first-order chi connectivity index (χ1) is 12.1. The van der Waals surface area contributed by atoms with Crippen molar-refractivity contribution in [2.45, 2.75) is 47.6 Å². The Morgan fingerprint density at radius 3 is 2.35 bits per heavy atom. The Kier molecular flexibility index (Phi) is 4.96. The Balaban J connectivity index is 1.76. The number of nitrogens with zero attached hydrogens (tertiary/aromatic N) is 4. The van der Waals surface area contributed by atoms with Gasteiger partial charge in [0, 0.05) is 36.5 Å². The van der Waals surface area contributed by atoms with E-state index in [4.69, 9.17) is 10.7 Å². The van der Waals surface area contributed by atoms with E-state index in [1.54, 1.807) is 11.3 Å². The average Bonchev–Trinajstić information content (AvgIpc) is 2.87. The number of rotatable bonds is 2. The summed E-state index contributed by atoms with van der Waals surface area (Å²) in [6.07, 6.45) is 0. The van der Waals surface area contributed by atoms with E-state index in [1.807, 2.05) is 25.7 Å². The lowest BCUT2D eigenvalue weighted by molar-refractivity contribution is -0.141. The molecule has 0 aliphatic carbocycles. The smallest absolute Gasteiger partial charge is 0.228 e. The Morgan fingerprint density at radius 2 is 1.77 bits per heavy atom. The number of fused-ring (bicyclic) bond motifs is 1. The molecule has 0 aromatic carbocycles. The van der Waals surface area contributed by atoms with Crippen molar-refractivity contribution in [3.05, 3.63) is 16.3 Å². The summed E-state index contributed by atoms with van der Waals surface area (Å²) in [5.41, 5.74) is 7.08. The molecular weight excluding hydrogens is 346 g/mol. The van der Waals surface area contributed by atoms with Gasteiger partial charge in [-0.05, 0) is 26.3 Å². The molecule has 6 nitrogen and oxygen atoms in total. The van der Waals surface area contributed by atoms with E-state index in [1.165, 1.54) is 10.4 Å². The summed E-state index contributed by atoms with van der Waals surface area (Å²) in [5.74, 6) is 1.56. The van der Waals surface area contributed by atoms with E-state index in [2.05, 4.69) is 30.7 Å². The fraction of sp³-hybridized carbons (Fsp3) is 0.632. The Hall–Kier alpha value is -1.73. The molecule has 26 heavy (non-hydrogen) atoms. The molecule has 0 bridgehead atoms. The van der Waals surface area contributed by atoms with Crippen LogP contribution >= 0.6 is 11.3 Å². The SMILES string of the molecule is Cc1sc2nc([C@@H](C)N3CCN(C(=O)C(C)(C)C)CC3)nc(N)c2c1C. The molecule has 3 rings (SSSR count). The molecule has 2 aromatic heterocycles. The molecular formula is C19H29N5OS. The van der Waals surface area contributed by atoms with E-state index in [9.17, 15) is 4.79 Å². The molecule has 1 saturated heterocycles. The fourth-order valence-electron chi connectivity index (χ4n) is 3.43. The quantitative estimate of drug-likeness (QED) is 0.873. The van der Waals surface area contributed by atoms with Gasteiger partial charge in [-0.2, -0.15) is 0 Å². The number of anilines is 1. The van der Waals surface area contributed by atoms with E-state index in [0.29, 0.717) is 5.82 Å². The van der Waals surface area contributed by atoms with E-state index in [-0.39, 0.29) is 17.4 Å². The number of aryl methyl sites for hydroxylation is 2. The van der Waals surface area contributed by atoms with Crippen molar-refractivity contribution in [3.8, 4) is 0 Å². The first-order valence-electron chi connectivity index (χ1n) is 9.16. The molecule has 0 spiro atoms. The number of carbonyl (C=O) groups excluding carboxylic acids is 1. The number of aromatic nitrogens is 2. The second-order valence-electron chi connectivity index (χ2n) is 8.18. The monoisotopic (exact) mass is 375 g/mol. The molecule has 2 N–H and O–H groups in total. The Bertz CT molecular complexity index is 831. The molecule has 0 radical (unpaired) electrons. The Labute approximate surface area is 159 Å². The van der Waals surface area contributed by atoms with Crippen LogP contribution in [0.5, 0.6) is 0 Å². The maximum absolute atomic E-state index is 12.5. The Morgan fingerprint density at radius 1 is 1.15 bits per heavy atom. The molecule has 7 heteroatoms. The van der Waals surface area contributed by atoms with Crippen LogP contribution in [0.1, 0.15) is 50.0 Å². The molecule has 3 heterocycles. The second kappa shape index (κ2) is 6.78. The van der Waals surface area contributed by atoms with Gasteiger partial charge in [-0.25, -0.2) is 9.97 Å². The first kappa shape index (κ1) is 19.0. The van der Waals surface area contributed by atoms with Gasteiger partial charge in [-0.3, -0.25) is 9.69 Å². The maximum atomic E-state index is 12.5. The van der Waals surface area contributed by atoms with E-state index < -0.39 is 0 Å². The van der Waals surface area contributed by atoms with E-state index >= 15 is 0 Å². The molecule has 1 aliphatic heterocycles. The predicted octanol–water partition coefficient (Wildman–Crippen LogP) is 3.14. The van der Waals surface area contributed by atoms with Crippen molar-refractivity contribution in [1.29, 1.82) is 0 Å². The van der Waals surface area contributed by atoms with Crippen molar-refractivity contribution >= 4 is 33.3 Å². The molecule has 142 valence electrons. The summed E-state index contributed by atoms with van der Waals surface area (Å²) in [6, 6.07) is 0.0799. The molecule has 0 unspecified atom stereocenters. The van der Waals surface area contributed by atoms with Gasteiger partial charge in [0.25, 0.3) is 0 Å². The number of hydrogen-bond donors (Lipinski definition) is 1. The van der Waals surface area contributed by atoms with Crippen LogP contribution < -0.4 is 5.73 Å². The van der Waals surface area contributed by atoms with Crippen LogP contribution in [0.2, 0.25) is 0 Å². The fourth-order valence-corrected chi connectivity index (χ4v) is 4.48. The van der Waals surface area contributed by atoms with Crippen LogP contribution in [-0.2, 0) is 4.79 Å². The number of carbonyl (C=O) groups is 1. The summed E-state index contributed by atoms with van der Waals surface area (Å²) in [5, 5.41) is 0.990. The normalized spacial score (nSPS) is 17.7. The van der Waals surface area contributed by atoms with Crippen LogP contribution in [0.15, 0.2) is 0 Å². The molecule has 1 fully saturated rings. The lowest BCUT2D eigenvalue weighted by Crippen LogP contribution is -2.52. The van der Waals surface area contributed by atoms with Crippen molar-refractivity contribution in [3.63, 3.8) is 0 Å². The highest BCUT2D eigenvalue weighted by molar-refractivity contribution is 7.18. The average molecular weight is 376 g/mol. The summed E-state index contributed by atoms with van der Waals surface area (Å²) in [7, 11) is 0. The third-order valence-electron chi connectivity index (χ3n) is 5.24. The van der Waals surface area contributed by atoms with Crippen molar-refractivity contribution in [2.75, 3.05) is 31.9 Å². The van der Waals surface area contributed by atoms with Gasteiger partial charge in [0.1, 0.15) is 16.5 Å². The third-order valence-corrected chi connectivity index (χ3v) is 6.34. The number of nitrogen functional groups attached to an aromatic ring is 1. The lowest BCUT2D eigenvalue weighted by atomic mass is 9.94. The standard InChI is InChI=1S/C19H29N5OS/c1-11-13(3)26-17-14(11)15(20)21-16(22-17)12(2)23-7-9-24(10-8-23)18(25)19(4,5)6/h12H,7-10H2,1-6H3,(H2,20,21,22)/t12-/m1/s1. The van der Waals surface area contributed by atoms with E-state index in [0.717, 1.165) is 42.2 Å². The van der Waals surface area contributed by atoms with Crippen molar-refractivity contribution in [2.24, 2.45) is 5.41 Å². The summed E-state index contributed by atoms with van der Waals surface area (Å²) >= 11 is 1.68. The van der Waals surface area contributed by atoms with Gasteiger partial charge >= 0.3 is 0 Å². The van der Waals surface area contributed by atoms with Gasteiger partial charge in [0.15, 0.2) is 0 Å².